The Bertz CT molecular complexity index is 1340. The van der Waals surface area contributed by atoms with Gasteiger partial charge in [0.2, 0.25) is 0 Å². The molecule has 0 amide bonds. The summed E-state index contributed by atoms with van der Waals surface area (Å²) in [6.45, 7) is 2.09. The van der Waals surface area contributed by atoms with E-state index in [-0.39, 0.29) is 6.54 Å². The van der Waals surface area contributed by atoms with Crippen molar-refractivity contribution in [1.29, 1.82) is 0 Å². The van der Waals surface area contributed by atoms with Crippen LogP contribution in [0.4, 0.5) is 19.0 Å². The molecule has 160 valence electrons. The normalized spacial score (nSPS) is 13.2. The van der Waals surface area contributed by atoms with Crippen LogP contribution in [0.5, 0.6) is 0 Å². The number of aliphatic imine (C=N–C) groups is 1. The predicted octanol–water partition coefficient (Wildman–Crippen LogP) is 5.66. The number of benzene rings is 2. The zero-order valence-electron chi connectivity index (χ0n) is 16.9. The molecule has 0 fully saturated rings. The minimum Gasteiger partial charge on any atom is -0.384 e. The van der Waals surface area contributed by atoms with Crippen LogP contribution in [-0.4, -0.2) is 15.9 Å². The van der Waals surface area contributed by atoms with Crippen LogP contribution in [0.1, 0.15) is 28.1 Å². The summed E-state index contributed by atoms with van der Waals surface area (Å²) < 4.78 is 44.6. The number of hydrogen-bond acceptors (Lipinski definition) is 5. The van der Waals surface area contributed by atoms with Crippen LogP contribution >= 0.6 is 0 Å². The second-order valence-electron chi connectivity index (χ2n) is 7.54. The van der Waals surface area contributed by atoms with Gasteiger partial charge in [-0.25, -0.2) is 4.98 Å². The van der Waals surface area contributed by atoms with Crippen molar-refractivity contribution >= 4 is 11.5 Å². The highest BCUT2D eigenvalue weighted by Gasteiger charge is 2.30. The first-order chi connectivity index (χ1) is 15.3. The lowest BCUT2D eigenvalue weighted by atomic mass is 9.90. The molecule has 1 aliphatic heterocycles. The molecule has 1 aliphatic rings. The van der Waals surface area contributed by atoms with E-state index in [4.69, 9.17) is 15.2 Å². The van der Waals surface area contributed by atoms with E-state index in [2.05, 4.69) is 10.1 Å². The maximum atomic E-state index is 13.1. The highest BCUT2D eigenvalue weighted by molar-refractivity contribution is 6.17. The molecule has 4 aromatic rings. The molecule has 0 saturated heterocycles. The van der Waals surface area contributed by atoms with E-state index in [9.17, 15) is 13.2 Å². The van der Waals surface area contributed by atoms with Gasteiger partial charge in [0.1, 0.15) is 12.4 Å². The van der Waals surface area contributed by atoms with Crippen LogP contribution in [0.2, 0.25) is 0 Å². The van der Waals surface area contributed by atoms with Gasteiger partial charge in [-0.15, -0.1) is 0 Å². The molecule has 5 nitrogen and oxygen atoms in total. The number of halogens is 3. The van der Waals surface area contributed by atoms with Crippen LogP contribution in [0.25, 0.3) is 22.3 Å². The monoisotopic (exact) mass is 434 g/mol. The van der Waals surface area contributed by atoms with Crippen LogP contribution in [0.3, 0.4) is 0 Å². The maximum Gasteiger partial charge on any atom is 0.416 e. The summed E-state index contributed by atoms with van der Waals surface area (Å²) in [5.41, 5.74) is 11.1. The van der Waals surface area contributed by atoms with Crippen molar-refractivity contribution in [3.8, 4) is 22.3 Å². The molecule has 5 rings (SSSR count). The highest BCUT2D eigenvalue weighted by Crippen LogP contribution is 2.37. The molecule has 2 N–H and O–H groups in total. The summed E-state index contributed by atoms with van der Waals surface area (Å²) in [7, 11) is 0. The standard InChI is InChI=1S/C24H17F3N4O/c1-13-22-18-8-4-15(16-5-9-21(28)29-11-16)10-19(18)23(30-12-20(22)32-31-13)14-2-6-17(7-3-14)24(25,26)27/h2-11H,12H2,1H3,(H2,28,29). The third-order valence-corrected chi connectivity index (χ3v) is 5.46. The first kappa shape index (κ1) is 20.0. The lowest BCUT2D eigenvalue weighted by Crippen LogP contribution is -2.08. The molecule has 0 atom stereocenters. The fourth-order valence-corrected chi connectivity index (χ4v) is 3.88. The zero-order valence-corrected chi connectivity index (χ0v) is 16.9. The summed E-state index contributed by atoms with van der Waals surface area (Å²) in [6, 6.07) is 14.5. The maximum absolute atomic E-state index is 13.1. The Labute approximate surface area is 181 Å². The summed E-state index contributed by atoms with van der Waals surface area (Å²) in [6.07, 6.45) is -2.72. The molecule has 8 heteroatoms. The Kier molecular flexibility index (Phi) is 4.58. The quantitative estimate of drug-likeness (QED) is 0.441. The van der Waals surface area contributed by atoms with E-state index >= 15 is 0 Å². The Hall–Kier alpha value is -3.94. The van der Waals surface area contributed by atoms with Crippen LogP contribution in [-0.2, 0) is 12.7 Å². The average Bonchev–Trinajstić information content (AvgIpc) is 3.05. The van der Waals surface area contributed by atoms with Crippen LogP contribution in [0.15, 0.2) is 70.3 Å². The van der Waals surface area contributed by atoms with Gasteiger partial charge >= 0.3 is 6.18 Å². The van der Waals surface area contributed by atoms with E-state index in [1.807, 2.05) is 31.2 Å². The van der Waals surface area contributed by atoms with E-state index in [1.165, 1.54) is 12.1 Å². The Morgan fingerprint density at radius 2 is 1.62 bits per heavy atom. The second kappa shape index (κ2) is 7.33. The summed E-state index contributed by atoms with van der Waals surface area (Å²) in [5, 5.41) is 4.07. The van der Waals surface area contributed by atoms with Gasteiger partial charge in [-0.05, 0) is 48.4 Å². The number of aryl methyl sites for hydroxylation is 1. The number of rotatable bonds is 2. The molecular formula is C24H17F3N4O. The largest absolute Gasteiger partial charge is 0.416 e. The number of nitrogens with zero attached hydrogens (tertiary/aromatic N) is 3. The second-order valence-corrected chi connectivity index (χ2v) is 7.54. The number of aromatic nitrogens is 2. The molecule has 0 spiro atoms. The lowest BCUT2D eigenvalue weighted by Gasteiger charge is -2.14. The van der Waals surface area contributed by atoms with Crippen molar-refractivity contribution in [3.05, 3.63) is 88.9 Å². The Balaban J connectivity index is 1.69. The smallest absolute Gasteiger partial charge is 0.384 e. The van der Waals surface area contributed by atoms with Crippen molar-refractivity contribution < 1.29 is 17.7 Å². The van der Waals surface area contributed by atoms with Crippen molar-refractivity contribution in [2.45, 2.75) is 19.6 Å². The fourth-order valence-electron chi connectivity index (χ4n) is 3.88. The lowest BCUT2D eigenvalue weighted by molar-refractivity contribution is -0.137. The number of nitrogen functional groups attached to an aromatic ring is 1. The Morgan fingerprint density at radius 3 is 2.31 bits per heavy atom. The molecule has 0 saturated carbocycles. The first-order valence-corrected chi connectivity index (χ1v) is 9.85. The number of fused-ring (bicyclic) bond motifs is 3. The minimum atomic E-state index is -4.40. The molecule has 0 aliphatic carbocycles. The number of pyridine rings is 1. The van der Waals surface area contributed by atoms with Gasteiger partial charge in [0.15, 0.2) is 5.76 Å². The number of hydrogen-bond donors (Lipinski definition) is 1. The molecule has 2 aromatic heterocycles. The Morgan fingerprint density at radius 1 is 0.906 bits per heavy atom. The minimum absolute atomic E-state index is 0.236. The predicted molar refractivity (Wildman–Crippen MR) is 115 cm³/mol. The molecule has 3 heterocycles. The zero-order chi connectivity index (χ0) is 22.5. The van der Waals surface area contributed by atoms with Crippen molar-refractivity contribution in [3.63, 3.8) is 0 Å². The van der Waals surface area contributed by atoms with Crippen LogP contribution < -0.4 is 5.73 Å². The van der Waals surface area contributed by atoms with E-state index in [0.717, 1.165) is 45.6 Å². The molecule has 0 radical (unpaired) electrons. The van der Waals surface area contributed by atoms with Gasteiger partial charge in [0, 0.05) is 22.9 Å². The fraction of sp³-hybridized carbons (Fsp3) is 0.125. The molecule has 0 unspecified atom stereocenters. The SMILES string of the molecule is Cc1noc2c1-c1ccc(-c3ccc(N)nc3)cc1C(c1ccc(C(F)(F)F)cc1)=NC2. The highest BCUT2D eigenvalue weighted by atomic mass is 19.4. The van der Waals surface area contributed by atoms with Crippen LogP contribution in [0, 0.1) is 6.92 Å². The molecular weight excluding hydrogens is 417 g/mol. The van der Waals surface area contributed by atoms with Gasteiger partial charge in [0.25, 0.3) is 0 Å². The van der Waals surface area contributed by atoms with Gasteiger partial charge in [-0.3, -0.25) is 4.99 Å². The van der Waals surface area contributed by atoms with Gasteiger partial charge in [0.05, 0.1) is 22.5 Å². The van der Waals surface area contributed by atoms with Gasteiger partial charge in [-0.1, -0.05) is 29.4 Å². The molecule has 32 heavy (non-hydrogen) atoms. The van der Waals surface area contributed by atoms with Gasteiger partial charge < -0.3 is 10.3 Å². The number of anilines is 1. The van der Waals surface area contributed by atoms with E-state index in [1.54, 1.807) is 12.3 Å². The van der Waals surface area contributed by atoms with E-state index in [0.29, 0.717) is 22.9 Å². The van der Waals surface area contributed by atoms with Crippen molar-refractivity contribution in [2.75, 3.05) is 5.73 Å². The van der Waals surface area contributed by atoms with Crippen molar-refractivity contribution in [2.24, 2.45) is 4.99 Å². The first-order valence-electron chi connectivity index (χ1n) is 9.85. The van der Waals surface area contributed by atoms with Crippen molar-refractivity contribution in [1.82, 2.24) is 10.1 Å². The third kappa shape index (κ3) is 3.43. The van der Waals surface area contributed by atoms with Gasteiger partial charge in [-0.2, -0.15) is 13.2 Å². The number of nitrogens with two attached hydrogens (primary N) is 1. The molecule has 2 aromatic carbocycles. The van der Waals surface area contributed by atoms with E-state index < -0.39 is 11.7 Å². The summed E-state index contributed by atoms with van der Waals surface area (Å²) in [5.74, 6) is 1.04. The average molecular weight is 434 g/mol. The topological polar surface area (TPSA) is 77.3 Å². The summed E-state index contributed by atoms with van der Waals surface area (Å²) >= 11 is 0. The summed E-state index contributed by atoms with van der Waals surface area (Å²) in [4.78, 5) is 8.85. The molecule has 0 bridgehead atoms. The third-order valence-electron chi connectivity index (χ3n) is 5.46. The number of alkyl halides is 3.